The Labute approximate surface area is 150 Å². The van der Waals surface area contributed by atoms with Gasteiger partial charge in [-0.1, -0.05) is 29.8 Å². The van der Waals surface area contributed by atoms with Crippen LogP contribution >= 0.6 is 0 Å². The molecule has 2 fully saturated rings. The van der Waals surface area contributed by atoms with Gasteiger partial charge < -0.3 is 16.0 Å². The minimum absolute atomic E-state index is 0.000884. The van der Waals surface area contributed by atoms with E-state index < -0.39 is 0 Å². The third-order valence-electron chi connectivity index (χ3n) is 5.94. The molecule has 0 spiro atoms. The Bertz CT molecular complexity index is 636. The second-order valence-corrected chi connectivity index (χ2v) is 7.55. The minimum atomic E-state index is -0.000884. The van der Waals surface area contributed by atoms with Crippen molar-refractivity contribution in [2.75, 3.05) is 26.2 Å². The number of carbonyl (C=O) groups excluding carboxylic acids is 2. The van der Waals surface area contributed by atoms with E-state index in [1.54, 1.807) is 0 Å². The van der Waals surface area contributed by atoms with Gasteiger partial charge in [0.2, 0.25) is 11.8 Å². The summed E-state index contributed by atoms with van der Waals surface area (Å²) in [5, 5.41) is 2.83. The Morgan fingerprint density at radius 3 is 2.76 bits per heavy atom. The van der Waals surface area contributed by atoms with Gasteiger partial charge in [0.05, 0.1) is 0 Å². The first kappa shape index (κ1) is 17.9. The molecular weight excluding hydrogens is 314 g/mol. The standard InChI is InChI=1S/C20H29N3O2/c1-15-3-2-4-17(13-15)20(14-21)8-5-16(6-9-20)19(25)23-11-7-18(24)22-10-12-23/h2-4,13,16H,5-12,14,21H2,1H3,(H,22,24). The number of hydrogen-bond donors (Lipinski definition) is 2. The van der Waals surface area contributed by atoms with E-state index in [9.17, 15) is 9.59 Å². The van der Waals surface area contributed by atoms with Crippen molar-refractivity contribution in [2.45, 2.75) is 44.4 Å². The summed E-state index contributed by atoms with van der Waals surface area (Å²) < 4.78 is 0. The van der Waals surface area contributed by atoms with Gasteiger partial charge in [0.15, 0.2) is 0 Å². The van der Waals surface area contributed by atoms with Crippen LogP contribution in [0.2, 0.25) is 0 Å². The van der Waals surface area contributed by atoms with Gasteiger partial charge in [0.25, 0.3) is 0 Å². The number of carbonyl (C=O) groups is 2. The predicted octanol–water partition coefficient (Wildman–Crippen LogP) is 1.73. The Hall–Kier alpha value is -1.88. The summed E-state index contributed by atoms with van der Waals surface area (Å²) in [6, 6.07) is 8.62. The molecule has 3 N–H and O–H groups in total. The quantitative estimate of drug-likeness (QED) is 0.878. The molecule has 0 atom stereocenters. The van der Waals surface area contributed by atoms with Crippen molar-refractivity contribution >= 4 is 11.8 Å². The molecule has 5 heteroatoms. The SMILES string of the molecule is Cc1cccc(C2(CN)CCC(C(=O)N3CCNC(=O)CC3)CC2)c1. The topological polar surface area (TPSA) is 75.4 Å². The highest BCUT2D eigenvalue weighted by Crippen LogP contribution is 2.41. The monoisotopic (exact) mass is 343 g/mol. The van der Waals surface area contributed by atoms with Gasteiger partial charge in [-0.2, -0.15) is 0 Å². The molecule has 0 radical (unpaired) electrons. The summed E-state index contributed by atoms with van der Waals surface area (Å²) in [7, 11) is 0. The first-order valence-electron chi connectivity index (χ1n) is 9.37. The van der Waals surface area contributed by atoms with E-state index in [1.165, 1.54) is 11.1 Å². The molecule has 1 heterocycles. The lowest BCUT2D eigenvalue weighted by atomic mass is 9.66. The van der Waals surface area contributed by atoms with E-state index in [-0.39, 0.29) is 23.1 Å². The molecule has 5 nitrogen and oxygen atoms in total. The minimum Gasteiger partial charge on any atom is -0.354 e. The molecule has 0 aromatic heterocycles. The number of nitrogens with zero attached hydrogens (tertiary/aromatic N) is 1. The van der Waals surface area contributed by atoms with Crippen LogP contribution < -0.4 is 11.1 Å². The number of amides is 2. The molecule has 2 amide bonds. The number of nitrogens with two attached hydrogens (primary N) is 1. The van der Waals surface area contributed by atoms with E-state index in [4.69, 9.17) is 5.73 Å². The smallest absolute Gasteiger partial charge is 0.225 e. The van der Waals surface area contributed by atoms with Crippen LogP contribution in [0.15, 0.2) is 24.3 Å². The van der Waals surface area contributed by atoms with E-state index in [1.807, 2.05) is 4.90 Å². The maximum absolute atomic E-state index is 12.9. The maximum Gasteiger partial charge on any atom is 0.225 e. The van der Waals surface area contributed by atoms with Crippen LogP contribution in [0.1, 0.15) is 43.2 Å². The van der Waals surface area contributed by atoms with Crippen LogP contribution in [-0.2, 0) is 15.0 Å². The van der Waals surface area contributed by atoms with Crippen molar-refractivity contribution in [3.63, 3.8) is 0 Å². The Morgan fingerprint density at radius 1 is 1.32 bits per heavy atom. The third kappa shape index (κ3) is 3.87. The molecule has 25 heavy (non-hydrogen) atoms. The Kier molecular flexibility index (Phi) is 5.42. The van der Waals surface area contributed by atoms with Gasteiger partial charge in [0, 0.05) is 43.9 Å². The zero-order valence-electron chi connectivity index (χ0n) is 15.1. The van der Waals surface area contributed by atoms with Gasteiger partial charge in [-0.25, -0.2) is 0 Å². The molecule has 1 saturated carbocycles. The summed E-state index contributed by atoms with van der Waals surface area (Å²) in [6.45, 7) is 4.46. The van der Waals surface area contributed by atoms with Crippen LogP contribution in [0.3, 0.4) is 0 Å². The van der Waals surface area contributed by atoms with E-state index >= 15 is 0 Å². The normalized spacial score (nSPS) is 27.5. The van der Waals surface area contributed by atoms with Crippen molar-refractivity contribution in [1.29, 1.82) is 0 Å². The van der Waals surface area contributed by atoms with Gasteiger partial charge >= 0.3 is 0 Å². The first-order chi connectivity index (χ1) is 12.0. The van der Waals surface area contributed by atoms with E-state index in [0.29, 0.717) is 32.6 Å². The number of hydrogen-bond acceptors (Lipinski definition) is 3. The molecule has 1 aromatic carbocycles. The van der Waals surface area contributed by atoms with Crippen LogP contribution in [-0.4, -0.2) is 42.9 Å². The van der Waals surface area contributed by atoms with Crippen molar-refractivity contribution in [2.24, 2.45) is 11.7 Å². The summed E-state index contributed by atoms with van der Waals surface area (Å²) in [5.41, 5.74) is 8.74. The average Bonchev–Trinajstić information content (AvgIpc) is 2.86. The largest absolute Gasteiger partial charge is 0.354 e. The number of aryl methyl sites for hydroxylation is 1. The van der Waals surface area contributed by atoms with Gasteiger partial charge in [-0.05, 0) is 38.2 Å². The predicted molar refractivity (Wildman–Crippen MR) is 98.1 cm³/mol. The van der Waals surface area contributed by atoms with Gasteiger partial charge in [-0.3, -0.25) is 9.59 Å². The van der Waals surface area contributed by atoms with Crippen molar-refractivity contribution in [3.05, 3.63) is 35.4 Å². The molecule has 3 rings (SSSR count). The van der Waals surface area contributed by atoms with Crippen molar-refractivity contribution in [1.82, 2.24) is 10.2 Å². The lowest BCUT2D eigenvalue weighted by molar-refractivity contribution is -0.136. The fraction of sp³-hybridized carbons (Fsp3) is 0.600. The molecule has 0 bridgehead atoms. The fourth-order valence-corrected chi connectivity index (χ4v) is 4.25. The van der Waals surface area contributed by atoms with Crippen LogP contribution in [0.4, 0.5) is 0 Å². The molecule has 136 valence electrons. The molecular formula is C20H29N3O2. The third-order valence-corrected chi connectivity index (χ3v) is 5.94. The highest BCUT2D eigenvalue weighted by molar-refractivity contribution is 5.81. The van der Waals surface area contributed by atoms with E-state index in [2.05, 4.69) is 36.5 Å². The highest BCUT2D eigenvalue weighted by atomic mass is 16.2. The molecule has 1 aliphatic heterocycles. The molecule has 0 unspecified atom stereocenters. The summed E-state index contributed by atoms with van der Waals surface area (Å²) in [4.78, 5) is 26.2. The summed E-state index contributed by atoms with van der Waals surface area (Å²) >= 11 is 0. The van der Waals surface area contributed by atoms with Crippen LogP contribution in [0.5, 0.6) is 0 Å². The second kappa shape index (κ2) is 7.56. The fourth-order valence-electron chi connectivity index (χ4n) is 4.25. The second-order valence-electron chi connectivity index (χ2n) is 7.55. The maximum atomic E-state index is 12.9. The first-order valence-corrected chi connectivity index (χ1v) is 9.37. The van der Waals surface area contributed by atoms with Crippen molar-refractivity contribution in [3.8, 4) is 0 Å². The summed E-state index contributed by atoms with van der Waals surface area (Å²) in [5.74, 6) is 0.324. The van der Waals surface area contributed by atoms with Crippen LogP contribution in [0, 0.1) is 12.8 Å². The molecule has 1 aromatic rings. The number of nitrogens with one attached hydrogen (secondary N) is 1. The molecule has 1 saturated heterocycles. The Morgan fingerprint density at radius 2 is 2.08 bits per heavy atom. The summed E-state index contributed by atoms with van der Waals surface area (Å²) in [6.07, 6.45) is 4.07. The molecule has 1 aliphatic carbocycles. The average molecular weight is 343 g/mol. The lowest BCUT2D eigenvalue weighted by Crippen LogP contribution is -2.44. The number of benzene rings is 1. The zero-order valence-corrected chi connectivity index (χ0v) is 15.1. The van der Waals surface area contributed by atoms with E-state index in [0.717, 1.165) is 25.7 Å². The number of rotatable bonds is 3. The molecule has 2 aliphatic rings. The Balaban J connectivity index is 1.66. The zero-order chi connectivity index (χ0) is 17.9. The van der Waals surface area contributed by atoms with Crippen molar-refractivity contribution < 1.29 is 9.59 Å². The van der Waals surface area contributed by atoms with Gasteiger partial charge in [0.1, 0.15) is 0 Å². The van der Waals surface area contributed by atoms with Crippen LogP contribution in [0.25, 0.3) is 0 Å². The highest BCUT2D eigenvalue weighted by Gasteiger charge is 2.39. The lowest BCUT2D eigenvalue weighted by Gasteiger charge is -2.40. The van der Waals surface area contributed by atoms with Gasteiger partial charge in [-0.15, -0.1) is 0 Å².